The van der Waals surface area contributed by atoms with Gasteiger partial charge in [0, 0.05) is 22.6 Å². The summed E-state index contributed by atoms with van der Waals surface area (Å²) in [6.07, 6.45) is 1.85. The lowest BCUT2D eigenvalue weighted by Crippen LogP contribution is -2.15. The zero-order valence-corrected chi connectivity index (χ0v) is 19.2. The van der Waals surface area contributed by atoms with Gasteiger partial charge in [-0.25, -0.2) is 0 Å². The van der Waals surface area contributed by atoms with Gasteiger partial charge in [-0.05, 0) is 63.1 Å². The van der Waals surface area contributed by atoms with Crippen LogP contribution in [-0.4, -0.2) is 25.1 Å². The summed E-state index contributed by atoms with van der Waals surface area (Å²) in [7, 11) is 0. The number of benzene rings is 3. The number of fused-ring (bicyclic) bond motifs is 1. The summed E-state index contributed by atoms with van der Waals surface area (Å²) >= 11 is 0. The van der Waals surface area contributed by atoms with Crippen LogP contribution in [0.1, 0.15) is 32.3 Å². The second-order valence-electron chi connectivity index (χ2n) is 8.22. The molecule has 1 aromatic heterocycles. The van der Waals surface area contributed by atoms with E-state index >= 15 is 0 Å². The van der Waals surface area contributed by atoms with E-state index in [1.54, 1.807) is 0 Å². The third-order valence-corrected chi connectivity index (χ3v) is 5.15. The zero-order chi connectivity index (χ0) is 23.0. The van der Waals surface area contributed by atoms with E-state index in [4.69, 9.17) is 19.6 Å². The van der Waals surface area contributed by atoms with Gasteiger partial charge < -0.3 is 19.6 Å². The Bertz CT molecular complexity index is 1210. The molecule has 5 heteroatoms. The highest BCUT2D eigenvalue weighted by Gasteiger charge is 2.10. The fourth-order valence-corrected chi connectivity index (χ4v) is 3.53. The van der Waals surface area contributed by atoms with Crippen LogP contribution < -0.4 is 15.2 Å². The number of hydrogen-bond donors (Lipinski definition) is 1. The summed E-state index contributed by atoms with van der Waals surface area (Å²) in [4.78, 5) is 4.42. The zero-order valence-electron chi connectivity index (χ0n) is 19.2. The predicted octanol–water partition coefficient (Wildman–Crippen LogP) is 6.45. The number of nitrogens with zero attached hydrogens (tertiary/aromatic N) is 1. The Kier molecular flexibility index (Phi) is 7.30. The Morgan fingerprint density at radius 2 is 1.58 bits per heavy atom. The Balaban J connectivity index is 1.35. The molecule has 5 nitrogen and oxygen atoms in total. The normalized spacial score (nSPS) is 11.8. The van der Waals surface area contributed by atoms with Crippen LogP contribution in [0.4, 0.5) is 0 Å². The lowest BCUT2D eigenvalue weighted by Gasteiger charge is -2.08. The predicted molar refractivity (Wildman–Crippen MR) is 134 cm³/mol. The van der Waals surface area contributed by atoms with Crippen LogP contribution >= 0.6 is 0 Å². The quantitative estimate of drug-likeness (QED) is 0.174. The van der Waals surface area contributed by atoms with Gasteiger partial charge in [-0.15, -0.1) is 0 Å². The average Bonchev–Trinajstić information content (AvgIpc) is 3.25. The van der Waals surface area contributed by atoms with E-state index in [-0.39, 0.29) is 6.04 Å². The SMILES string of the molecule is CC(C)N=C(N)c1ccc2cc(-c3cccc(OCCCCOc4ccccc4)c3)oc2c1. The number of amidine groups is 1. The first-order valence-electron chi connectivity index (χ1n) is 11.4. The molecule has 0 saturated carbocycles. The molecule has 0 fully saturated rings. The minimum Gasteiger partial charge on any atom is -0.494 e. The Hall–Kier alpha value is -3.73. The van der Waals surface area contributed by atoms with Crippen LogP contribution in [-0.2, 0) is 0 Å². The first-order chi connectivity index (χ1) is 16.1. The average molecular weight is 443 g/mol. The summed E-state index contributed by atoms with van der Waals surface area (Å²) in [6.45, 7) is 5.33. The van der Waals surface area contributed by atoms with Crippen molar-refractivity contribution in [2.45, 2.75) is 32.7 Å². The molecule has 0 saturated heterocycles. The smallest absolute Gasteiger partial charge is 0.135 e. The van der Waals surface area contributed by atoms with Crippen LogP contribution in [0.5, 0.6) is 11.5 Å². The minimum atomic E-state index is 0.145. The largest absolute Gasteiger partial charge is 0.494 e. The van der Waals surface area contributed by atoms with Crippen molar-refractivity contribution in [3.05, 3.63) is 84.4 Å². The van der Waals surface area contributed by atoms with E-state index in [1.165, 1.54) is 0 Å². The maximum Gasteiger partial charge on any atom is 0.135 e. The molecular weight excluding hydrogens is 412 g/mol. The number of unbranched alkanes of at least 4 members (excludes halogenated alkanes) is 1. The Labute approximate surface area is 194 Å². The molecule has 0 unspecified atom stereocenters. The lowest BCUT2D eigenvalue weighted by molar-refractivity contribution is 0.266. The molecule has 0 spiro atoms. The van der Waals surface area contributed by atoms with E-state index in [9.17, 15) is 0 Å². The van der Waals surface area contributed by atoms with E-state index in [2.05, 4.69) is 4.99 Å². The number of para-hydroxylation sites is 1. The molecule has 0 atom stereocenters. The topological polar surface area (TPSA) is 70.0 Å². The number of furan rings is 1. The first-order valence-corrected chi connectivity index (χ1v) is 11.4. The Morgan fingerprint density at radius 1 is 0.848 bits per heavy atom. The third-order valence-electron chi connectivity index (χ3n) is 5.15. The maximum atomic E-state index is 6.12. The van der Waals surface area contributed by atoms with Gasteiger partial charge in [-0.1, -0.05) is 42.5 Å². The van der Waals surface area contributed by atoms with Gasteiger partial charge in [0.2, 0.25) is 0 Å². The summed E-state index contributed by atoms with van der Waals surface area (Å²) in [5.74, 6) is 3.04. The van der Waals surface area contributed by atoms with Crippen LogP contribution in [0.2, 0.25) is 0 Å². The first kappa shape index (κ1) is 22.5. The summed E-state index contributed by atoms with van der Waals surface area (Å²) in [6, 6.07) is 26.0. The molecule has 0 aliphatic rings. The van der Waals surface area contributed by atoms with Crippen LogP contribution in [0.25, 0.3) is 22.3 Å². The molecule has 0 aliphatic heterocycles. The summed E-state index contributed by atoms with van der Waals surface area (Å²) < 4.78 is 17.8. The van der Waals surface area contributed by atoms with Crippen molar-refractivity contribution in [3.63, 3.8) is 0 Å². The standard InChI is InChI=1S/C28H30N2O3/c1-20(2)30-28(29)23-14-13-22-18-26(33-27(22)19-23)21-9-8-12-25(17-21)32-16-7-6-15-31-24-10-4-3-5-11-24/h3-5,8-14,17-20H,6-7,15-16H2,1-2H3,(H2,29,30). The molecule has 1 heterocycles. The lowest BCUT2D eigenvalue weighted by atomic mass is 10.1. The number of ether oxygens (including phenoxy) is 2. The van der Waals surface area contributed by atoms with Gasteiger partial charge in [0.15, 0.2) is 0 Å². The van der Waals surface area contributed by atoms with Crippen LogP contribution in [0, 0.1) is 0 Å². The van der Waals surface area contributed by atoms with Gasteiger partial charge in [-0.3, -0.25) is 4.99 Å². The van der Waals surface area contributed by atoms with Gasteiger partial charge in [0.1, 0.15) is 28.7 Å². The van der Waals surface area contributed by atoms with Crippen LogP contribution in [0.3, 0.4) is 0 Å². The van der Waals surface area contributed by atoms with Crippen molar-refractivity contribution in [2.75, 3.05) is 13.2 Å². The van der Waals surface area contributed by atoms with Crippen molar-refractivity contribution >= 4 is 16.8 Å². The van der Waals surface area contributed by atoms with E-state index in [1.807, 2.05) is 92.7 Å². The molecule has 0 aliphatic carbocycles. The van der Waals surface area contributed by atoms with Crippen molar-refractivity contribution in [1.29, 1.82) is 0 Å². The third kappa shape index (κ3) is 6.16. The molecule has 0 amide bonds. The van der Waals surface area contributed by atoms with Gasteiger partial charge >= 0.3 is 0 Å². The second-order valence-corrected chi connectivity index (χ2v) is 8.22. The second kappa shape index (κ2) is 10.7. The fraction of sp³-hybridized carbons (Fsp3) is 0.250. The van der Waals surface area contributed by atoms with E-state index < -0.39 is 0 Å². The van der Waals surface area contributed by atoms with Crippen LogP contribution in [0.15, 0.2) is 88.3 Å². The molecule has 4 rings (SSSR count). The molecule has 3 aromatic carbocycles. The molecule has 0 bridgehead atoms. The highest BCUT2D eigenvalue weighted by atomic mass is 16.5. The molecule has 2 N–H and O–H groups in total. The highest BCUT2D eigenvalue weighted by Crippen LogP contribution is 2.30. The molecule has 0 radical (unpaired) electrons. The Morgan fingerprint density at radius 3 is 2.33 bits per heavy atom. The van der Waals surface area contributed by atoms with Gasteiger partial charge in [0.05, 0.1) is 13.2 Å². The number of aliphatic imine (C=N–C) groups is 1. The van der Waals surface area contributed by atoms with Gasteiger partial charge in [-0.2, -0.15) is 0 Å². The molecule has 170 valence electrons. The van der Waals surface area contributed by atoms with E-state index in [0.29, 0.717) is 19.0 Å². The summed E-state index contributed by atoms with van der Waals surface area (Å²) in [5, 5.41) is 1.02. The molecular formula is C28H30N2O3. The van der Waals surface area contributed by atoms with E-state index in [0.717, 1.165) is 52.2 Å². The minimum absolute atomic E-state index is 0.145. The summed E-state index contributed by atoms with van der Waals surface area (Å²) in [5.41, 5.74) is 8.74. The monoisotopic (exact) mass is 442 g/mol. The van der Waals surface area contributed by atoms with Crippen molar-refractivity contribution in [2.24, 2.45) is 10.7 Å². The maximum absolute atomic E-state index is 6.12. The number of rotatable bonds is 10. The van der Waals surface area contributed by atoms with Crippen molar-refractivity contribution in [3.8, 4) is 22.8 Å². The number of nitrogens with two attached hydrogens (primary N) is 1. The fourth-order valence-electron chi connectivity index (χ4n) is 3.53. The van der Waals surface area contributed by atoms with Crippen molar-refractivity contribution in [1.82, 2.24) is 0 Å². The number of hydrogen-bond acceptors (Lipinski definition) is 4. The molecule has 33 heavy (non-hydrogen) atoms. The van der Waals surface area contributed by atoms with Gasteiger partial charge in [0.25, 0.3) is 0 Å². The van der Waals surface area contributed by atoms with Crippen molar-refractivity contribution < 1.29 is 13.9 Å². The molecule has 4 aromatic rings. The highest BCUT2D eigenvalue weighted by molar-refractivity contribution is 6.00.